The minimum atomic E-state index is 0.104. The van der Waals surface area contributed by atoms with Crippen LogP contribution in [0.3, 0.4) is 0 Å². The highest BCUT2D eigenvalue weighted by Gasteiger charge is 2.19. The van der Waals surface area contributed by atoms with Crippen LogP contribution < -0.4 is 9.64 Å². The van der Waals surface area contributed by atoms with E-state index in [0.29, 0.717) is 0 Å². The van der Waals surface area contributed by atoms with E-state index in [1.165, 1.54) is 17.7 Å². The highest BCUT2D eigenvalue weighted by atomic mass is 16.5. The zero-order chi connectivity index (χ0) is 21.5. The Morgan fingerprint density at radius 1 is 0.968 bits per heavy atom. The maximum atomic E-state index is 12.5. The van der Waals surface area contributed by atoms with Crippen LogP contribution in [0.4, 0.5) is 5.69 Å². The molecule has 1 aromatic carbocycles. The molecule has 31 heavy (non-hydrogen) atoms. The summed E-state index contributed by atoms with van der Waals surface area (Å²) in [5, 5.41) is 0. The van der Waals surface area contributed by atoms with Crippen LogP contribution in [0.1, 0.15) is 36.8 Å². The summed E-state index contributed by atoms with van der Waals surface area (Å²) in [6, 6.07) is 10.3. The fourth-order valence-corrected chi connectivity index (χ4v) is 4.58. The number of anilines is 1. The summed E-state index contributed by atoms with van der Waals surface area (Å²) in [7, 11) is 0. The number of nitrogens with zero attached hydrogens (tertiary/aromatic N) is 4. The van der Waals surface area contributed by atoms with E-state index in [1.54, 1.807) is 0 Å². The molecule has 2 aromatic rings. The van der Waals surface area contributed by atoms with Crippen LogP contribution in [0.5, 0.6) is 5.75 Å². The highest BCUT2D eigenvalue weighted by Crippen LogP contribution is 2.23. The summed E-state index contributed by atoms with van der Waals surface area (Å²) in [6.45, 7) is 8.96. The molecular formula is C25H34N4O2. The summed E-state index contributed by atoms with van der Waals surface area (Å²) in [6.07, 6.45) is 8.38. The Hall–Kier alpha value is -2.60. The van der Waals surface area contributed by atoms with E-state index in [4.69, 9.17) is 4.74 Å². The predicted molar refractivity (Wildman–Crippen MR) is 123 cm³/mol. The Balaban J connectivity index is 1.34. The zero-order valence-corrected chi connectivity index (χ0v) is 18.6. The molecule has 0 atom stereocenters. The molecule has 0 aliphatic carbocycles. The van der Waals surface area contributed by atoms with E-state index in [9.17, 15) is 4.79 Å². The van der Waals surface area contributed by atoms with Gasteiger partial charge in [0.05, 0.1) is 0 Å². The largest absolute Gasteiger partial charge is 0.483 e. The first-order valence-electron chi connectivity index (χ1n) is 11.6. The fourth-order valence-electron chi connectivity index (χ4n) is 4.58. The van der Waals surface area contributed by atoms with Crippen LogP contribution in [0.25, 0.3) is 0 Å². The van der Waals surface area contributed by atoms with E-state index in [0.717, 1.165) is 76.4 Å². The van der Waals surface area contributed by atoms with Gasteiger partial charge in [0.25, 0.3) is 5.91 Å². The molecule has 1 aromatic heterocycles. The Kier molecular flexibility index (Phi) is 7.41. The molecule has 0 radical (unpaired) electrons. The van der Waals surface area contributed by atoms with Crippen LogP contribution >= 0.6 is 0 Å². The summed E-state index contributed by atoms with van der Waals surface area (Å²) >= 11 is 0. The number of likely N-dealkylation sites (tertiary alicyclic amines) is 1. The lowest BCUT2D eigenvalue weighted by Gasteiger charge is -2.27. The van der Waals surface area contributed by atoms with Crippen LogP contribution in [0, 0.1) is 6.92 Å². The van der Waals surface area contributed by atoms with Gasteiger partial charge in [-0.3, -0.25) is 14.7 Å². The molecule has 166 valence electrons. The quantitative estimate of drug-likeness (QED) is 0.713. The maximum Gasteiger partial charge on any atom is 0.260 e. The number of rotatable bonds is 6. The molecule has 0 bridgehead atoms. The lowest BCUT2D eigenvalue weighted by atomic mass is 10.1. The molecule has 0 spiro atoms. The van der Waals surface area contributed by atoms with E-state index < -0.39 is 0 Å². The van der Waals surface area contributed by atoms with E-state index in [-0.39, 0.29) is 12.5 Å². The molecule has 0 unspecified atom stereocenters. The first-order chi connectivity index (χ1) is 15.2. The van der Waals surface area contributed by atoms with Crippen molar-refractivity contribution >= 4 is 11.6 Å². The second-order valence-electron chi connectivity index (χ2n) is 8.62. The summed E-state index contributed by atoms with van der Waals surface area (Å²) in [5.74, 6) is 0.937. The van der Waals surface area contributed by atoms with Gasteiger partial charge in [-0.1, -0.05) is 18.2 Å². The van der Waals surface area contributed by atoms with Gasteiger partial charge in [0.15, 0.2) is 6.61 Å². The number of hydrogen-bond acceptors (Lipinski definition) is 5. The molecule has 2 aliphatic heterocycles. The lowest BCUT2D eigenvalue weighted by molar-refractivity contribution is -0.134. The summed E-state index contributed by atoms with van der Waals surface area (Å²) in [5.41, 5.74) is 3.67. The SMILES string of the molecule is Cc1cnccc1N1CCCN(Cc2ccccc2OCC(=O)N2CCCCC2)CC1. The molecular weight excluding hydrogens is 388 g/mol. The number of benzene rings is 1. The summed E-state index contributed by atoms with van der Waals surface area (Å²) < 4.78 is 6.00. The topological polar surface area (TPSA) is 48.9 Å². The minimum Gasteiger partial charge on any atom is -0.483 e. The molecule has 0 N–H and O–H groups in total. The van der Waals surface area contributed by atoms with Gasteiger partial charge < -0.3 is 14.5 Å². The van der Waals surface area contributed by atoms with Crippen molar-refractivity contribution in [1.29, 1.82) is 0 Å². The molecule has 2 saturated heterocycles. The molecule has 4 rings (SSSR count). The van der Waals surface area contributed by atoms with Gasteiger partial charge in [0.2, 0.25) is 0 Å². The van der Waals surface area contributed by atoms with E-state index in [2.05, 4.69) is 39.9 Å². The first-order valence-corrected chi connectivity index (χ1v) is 11.6. The Morgan fingerprint density at radius 2 is 1.81 bits per heavy atom. The fraction of sp³-hybridized carbons (Fsp3) is 0.520. The van der Waals surface area contributed by atoms with Crippen molar-refractivity contribution in [2.75, 3.05) is 50.8 Å². The predicted octanol–water partition coefficient (Wildman–Crippen LogP) is 3.49. The first kappa shape index (κ1) is 21.6. The number of piperidine rings is 1. The van der Waals surface area contributed by atoms with Crippen molar-refractivity contribution in [3.63, 3.8) is 0 Å². The Bertz CT molecular complexity index is 866. The number of ether oxygens (including phenoxy) is 1. The van der Waals surface area contributed by atoms with E-state index >= 15 is 0 Å². The number of aryl methyl sites for hydroxylation is 1. The van der Waals surface area contributed by atoms with Crippen LogP contribution in [-0.4, -0.2) is 66.6 Å². The molecule has 2 aliphatic rings. The third kappa shape index (κ3) is 5.76. The van der Waals surface area contributed by atoms with Gasteiger partial charge in [-0.05, 0) is 50.3 Å². The molecule has 1 amide bonds. The Morgan fingerprint density at radius 3 is 2.65 bits per heavy atom. The zero-order valence-electron chi connectivity index (χ0n) is 18.6. The number of aromatic nitrogens is 1. The second-order valence-corrected chi connectivity index (χ2v) is 8.62. The molecule has 2 fully saturated rings. The number of pyridine rings is 1. The van der Waals surface area contributed by atoms with Crippen LogP contribution in [0.2, 0.25) is 0 Å². The summed E-state index contributed by atoms with van der Waals surface area (Å²) in [4.78, 5) is 23.6. The van der Waals surface area contributed by atoms with E-state index in [1.807, 2.05) is 29.4 Å². The number of carbonyl (C=O) groups is 1. The maximum absolute atomic E-state index is 12.5. The van der Waals surface area contributed by atoms with Gasteiger partial charge >= 0.3 is 0 Å². The van der Waals surface area contributed by atoms with Gasteiger partial charge in [-0.2, -0.15) is 0 Å². The monoisotopic (exact) mass is 422 g/mol. The van der Waals surface area contributed by atoms with Gasteiger partial charge in [-0.15, -0.1) is 0 Å². The standard InChI is InChI=1S/C25H34N4O2/c1-21-18-26-11-10-23(21)28-15-7-12-27(16-17-28)19-22-8-3-4-9-24(22)31-20-25(30)29-13-5-2-6-14-29/h3-4,8-11,18H,2,5-7,12-17,19-20H2,1H3. The van der Waals surface area contributed by atoms with Crippen molar-refractivity contribution in [2.45, 2.75) is 39.2 Å². The molecule has 3 heterocycles. The smallest absolute Gasteiger partial charge is 0.260 e. The normalized spacial score (nSPS) is 18.0. The average molecular weight is 423 g/mol. The third-order valence-corrected chi connectivity index (χ3v) is 6.35. The van der Waals surface area contributed by atoms with Gasteiger partial charge in [0, 0.05) is 69.5 Å². The third-order valence-electron chi connectivity index (χ3n) is 6.35. The van der Waals surface area contributed by atoms with Crippen LogP contribution in [-0.2, 0) is 11.3 Å². The second kappa shape index (κ2) is 10.6. The highest BCUT2D eigenvalue weighted by molar-refractivity contribution is 5.77. The molecule has 6 nitrogen and oxygen atoms in total. The van der Waals surface area contributed by atoms with Crippen molar-refractivity contribution in [3.8, 4) is 5.75 Å². The van der Waals surface area contributed by atoms with Crippen molar-refractivity contribution < 1.29 is 9.53 Å². The van der Waals surface area contributed by atoms with Crippen molar-refractivity contribution in [3.05, 3.63) is 53.9 Å². The number of hydrogen-bond donors (Lipinski definition) is 0. The van der Waals surface area contributed by atoms with Gasteiger partial charge in [0.1, 0.15) is 5.75 Å². The minimum absolute atomic E-state index is 0.104. The van der Waals surface area contributed by atoms with Crippen LogP contribution in [0.15, 0.2) is 42.7 Å². The molecule has 0 saturated carbocycles. The van der Waals surface area contributed by atoms with Crippen molar-refractivity contribution in [2.24, 2.45) is 0 Å². The number of carbonyl (C=O) groups excluding carboxylic acids is 1. The number of amides is 1. The van der Waals surface area contributed by atoms with Gasteiger partial charge in [-0.25, -0.2) is 0 Å². The average Bonchev–Trinajstić information content (AvgIpc) is 3.05. The number of para-hydroxylation sites is 1. The Labute approximate surface area is 185 Å². The molecule has 6 heteroatoms. The lowest BCUT2D eigenvalue weighted by Crippen LogP contribution is -2.38. The van der Waals surface area contributed by atoms with Crippen molar-refractivity contribution in [1.82, 2.24) is 14.8 Å².